The van der Waals surface area contributed by atoms with Gasteiger partial charge in [0.15, 0.2) is 0 Å². The van der Waals surface area contributed by atoms with Gasteiger partial charge in [-0.25, -0.2) is 14.8 Å². The summed E-state index contributed by atoms with van der Waals surface area (Å²) in [6, 6.07) is 6.77. The molecular weight excluding hydrogens is 570 g/mol. The molecule has 0 fully saturated rings. The van der Waals surface area contributed by atoms with Crippen LogP contribution < -0.4 is 11.5 Å². The molecule has 0 unspecified atom stereocenters. The first kappa shape index (κ1) is 26.7. The number of H-pyrrole nitrogens is 2. The van der Waals surface area contributed by atoms with Crippen molar-refractivity contribution in [2.24, 2.45) is 0 Å². The van der Waals surface area contributed by atoms with Crippen molar-refractivity contribution in [3.8, 4) is 24.3 Å². The smallest absolute Gasteiger partial charge is 0.394 e. The van der Waals surface area contributed by atoms with Gasteiger partial charge in [-0.15, -0.1) is 0 Å². The molecule has 3 heterocycles. The maximum absolute atomic E-state index is 8.82. The molecular formula is C19H7Br2N13. The number of allylic oxidation sites excluding steroid dienone is 1. The van der Waals surface area contributed by atoms with Crippen LogP contribution in [-0.4, -0.2) is 19.9 Å². The molecule has 0 spiro atoms. The molecule has 0 aliphatic heterocycles. The average molecular weight is 577 g/mol. The molecule has 0 saturated carbocycles. The van der Waals surface area contributed by atoms with Crippen LogP contribution in [0.4, 0.5) is 17.3 Å². The summed E-state index contributed by atoms with van der Waals surface area (Å²) in [7, 11) is 0. The number of halogens is 2. The Hall–Kier alpha value is -5.37. The van der Waals surface area contributed by atoms with Gasteiger partial charge in [0.1, 0.15) is 59.6 Å². The quantitative estimate of drug-likeness (QED) is 0.225. The van der Waals surface area contributed by atoms with E-state index in [1.807, 2.05) is 12.1 Å². The van der Waals surface area contributed by atoms with Gasteiger partial charge < -0.3 is 21.4 Å². The number of hydrogen-bond acceptors (Lipinski definition) is 8. The minimum atomic E-state index is -0.468. The number of hydrogen-bond donors (Lipinski definition) is 4. The van der Waals surface area contributed by atoms with Gasteiger partial charge in [-0.3, -0.25) is 0 Å². The summed E-state index contributed by atoms with van der Waals surface area (Å²) in [5.41, 5.74) is 12.0. The van der Waals surface area contributed by atoms with Crippen molar-refractivity contribution >= 4 is 60.2 Å². The second-order valence-electron chi connectivity index (χ2n) is 5.35. The third-order valence-corrected chi connectivity index (χ3v) is 4.71. The van der Waals surface area contributed by atoms with E-state index in [0.717, 1.165) is 0 Å². The highest BCUT2D eigenvalue weighted by Crippen LogP contribution is 2.32. The fourth-order valence-electron chi connectivity index (χ4n) is 2.08. The van der Waals surface area contributed by atoms with Crippen LogP contribution in [0.3, 0.4) is 0 Å². The minimum Gasteiger partial charge on any atom is -0.394 e. The molecule has 0 aliphatic carbocycles. The monoisotopic (exact) mass is 575 g/mol. The SMILES string of the molecule is N#Cc1c(Br)[nH]c2ncnc(N)c12.[C-]#[N+]C([N+]#[C-])=C(C#N)C#N.[C-]#[N+]c1c(N)[nH]c(Br)c1C#N. The molecule has 0 amide bonds. The third-order valence-electron chi connectivity index (χ3n) is 3.52. The Bertz CT molecular complexity index is 1480. The zero-order valence-electron chi connectivity index (χ0n) is 16.5. The van der Waals surface area contributed by atoms with Crippen molar-refractivity contribution in [2.75, 3.05) is 11.5 Å². The van der Waals surface area contributed by atoms with Crippen LogP contribution in [0.1, 0.15) is 11.1 Å². The Morgan fingerprint density at radius 1 is 0.912 bits per heavy atom. The molecule has 0 bridgehead atoms. The number of nitriles is 4. The minimum absolute atomic E-state index is 0.180. The highest BCUT2D eigenvalue weighted by atomic mass is 79.9. The molecule has 34 heavy (non-hydrogen) atoms. The zero-order valence-corrected chi connectivity index (χ0v) is 19.7. The van der Waals surface area contributed by atoms with Crippen molar-refractivity contribution in [1.29, 1.82) is 21.0 Å². The molecule has 3 aromatic heterocycles. The second-order valence-corrected chi connectivity index (χ2v) is 6.94. The summed E-state index contributed by atoms with van der Waals surface area (Å²) in [5, 5.41) is 34.2. The summed E-state index contributed by atoms with van der Waals surface area (Å²) in [4.78, 5) is 21.7. The molecule has 0 atom stereocenters. The number of nitrogens with two attached hydrogens (primary N) is 2. The lowest BCUT2D eigenvalue weighted by Crippen LogP contribution is -1.92. The van der Waals surface area contributed by atoms with Crippen molar-refractivity contribution in [2.45, 2.75) is 0 Å². The molecule has 3 rings (SSSR count). The maximum atomic E-state index is 8.82. The first-order valence-corrected chi connectivity index (χ1v) is 9.74. The third kappa shape index (κ3) is 5.86. The fraction of sp³-hybridized carbons (Fsp3) is 0. The number of nitrogens with zero attached hydrogens (tertiary/aromatic N) is 9. The van der Waals surface area contributed by atoms with Gasteiger partial charge in [0, 0.05) is 0 Å². The van der Waals surface area contributed by atoms with Gasteiger partial charge >= 0.3 is 5.82 Å². The number of fused-ring (bicyclic) bond motifs is 1. The Kier molecular flexibility index (Phi) is 9.78. The number of nitrogens with one attached hydrogen (secondary N) is 2. The van der Waals surface area contributed by atoms with Crippen LogP contribution in [0.2, 0.25) is 0 Å². The number of nitrogen functional groups attached to an aromatic ring is 2. The van der Waals surface area contributed by atoms with Crippen LogP contribution in [0.5, 0.6) is 0 Å². The first-order valence-electron chi connectivity index (χ1n) is 8.15. The van der Waals surface area contributed by atoms with E-state index in [0.29, 0.717) is 31.6 Å². The lowest BCUT2D eigenvalue weighted by Gasteiger charge is -1.92. The first-order chi connectivity index (χ1) is 16.2. The van der Waals surface area contributed by atoms with Gasteiger partial charge in [0.05, 0.1) is 33.8 Å². The molecule has 15 heteroatoms. The fourth-order valence-corrected chi connectivity index (χ4v) is 3.04. The van der Waals surface area contributed by atoms with Crippen LogP contribution >= 0.6 is 31.9 Å². The van der Waals surface area contributed by atoms with Crippen molar-refractivity contribution in [1.82, 2.24) is 19.9 Å². The van der Waals surface area contributed by atoms with E-state index in [-0.39, 0.29) is 17.1 Å². The highest BCUT2D eigenvalue weighted by molar-refractivity contribution is 9.10. The van der Waals surface area contributed by atoms with E-state index in [1.165, 1.54) is 18.5 Å². The topological polar surface area (TPSA) is 218 Å². The Balaban J connectivity index is 0.000000258. The normalized spacial score (nSPS) is 8.32. The van der Waals surface area contributed by atoms with Crippen LogP contribution in [-0.2, 0) is 0 Å². The molecule has 162 valence electrons. The number of rotatable bonds is 0. The molecule has 6 N–H and O–H groups in total. The largest absolute Gasteiger partial charge is 0.548 e. The number of aromatic amines is 2. The molecule has 0 aromatic carbocycles. The zero-order chi connectivity index (χ0) is 25.8. The maximum Gasteiger partial charge on any atom is 0.548 e. The van der Waals surface area contributed by atoms with E-state index in [1.54, 1.807) is 0 Å². The average Bonchev–Trinajstić information content (AvgIpc) is 3.31. The molecule has 13 nitrogen and oxygen atoms in total. The van der Waals surface area contributed by atoms with E-state index in [9.17, 15) is 0 Å². The molecule has 3 aromatic rings. The lowest BCUT2D eigenvalue weighted by molar-refractivity contribution is 1.20. The predicted octanol–water partition coefficient (Wildman–Crippen LogP) is 4.04. The highest BCUT2D eigenvalue weighted by Gasteiger charge is 2.14. The molecule has 0 saturated heterocycles. The summed E-state index contributed by atoms with van der Waals surface area (Å²) in [6.45, 7) is 19.4. The van der Waals surface area contributed by atoms with Gasteiger partial charge in [-0.05, 0) is 31.9 Å². The van der Waals surface area contributed by atoms with Crippen molar-refractivity contribution < 1.29 is 0 Å². The summed E-state index contributed by atoms with van der Waals surface area (Å²) in [5.74, 6) is 0.0666. The molecule has 0 radical (unpaired) electrons. The summed E-state index contributed by atoms with van der Waals surface area (Å²) >= 11 is 6.27. The summed E-state index contributed by atoms with van der Waals surface area (Å²) < 4.78 is 1.04. The molecule has 0 aliphatic rings. The van der Waals surface area contributed by atoms with Crippen LogP contribution in [0, 0.1) is 65.0 Å². The van der Waals surface area contributed by atoms with E-state index < -0.39 is 11.4 Å². The summed E-state index contributed by atoms with van der Waals surface area (Å²) in [6.07, 6.45) is 1.35. The van der Waals surface area contributed by atoms with Gasteiger partial charge in [0.2, 0.25) is 11.3 Å². The van der Waals surface area contributed by atoms with Crippen LogP contribution in [0.15, 0.2) is 26.9 Å². The van der Waals surface area contributed by atoms with Gasteiger partial charge in [0.25, 0.3) is 0 Å². The van der Waals surface area contributed by atoms with E-state index in [2.05, 4.69) is 66.3 Å². The van der Waals surface area contributed by atoms with Crippen molar-refractivity contribution in [3.05, 3.63) is 72.3 Å². The van der Waals surface area contributed by atoms with Gasteiger partial charge in [-0.1, -0.05) is 0 Å². The Morgan fingerprint density at radius 3 is 1.88 bits per heavy atom. The predicted molar refractivity (Wildman–Crippen MR) is 126 cm³/mol. The lowest BCUT2D eigenvalue weighted by atomic mass is 10.2. The van der Waals surface area contributed by atoms with Crippen LogP contribution in [0.25, 0.3) is 25.6 Å². The Morgan fingerprint density at radius 2 is 1.47 bits per heavy atom. The number of anilines is 2. The second kappa shape index (κ2) is 12.5. The van der Waals surface area contributed by atoms with Crippen molar-refractivity contribution in [3.63, 3.8) is 0 Å². The van der Waals surface area contributed by atoms with E-state index in [4.69, 9.17) is 52.2 Å². The number of aromatic nitrogens is 4. The van der Waals surface area contributed by atoms with E-state index >= 15 is 0 Å². The van der Waals surface area contributed by atoms with Gasteiger partial charge in [-0.2, -0.15) is 30.7 Å². The Labute approximate surface area is 208 Å². The standard InChI is InChI=1S/C7H4BrN5.C6H3BrN4.C6N4/c8-5-3(1-9)4-6(10)11-2-12-7(4)13-5;1-10-4-3(2-8)5(7)11-6(4)9;1-9-6(10-2)5(3-7)4-8/h2H,(H3,10,11,12,13);11H,9H2;.